The first kappa shape index (κ1) is 14.5. The molecule has 0 saturated heterocycles. The highest BCUT2D eigenvalue weighted by atomic mass is 35.5. The van der Waals surface area contributed by atoms with Gasteiger partial charge in [0.2, 0.25) is 5.91 Å². The molecule has 5 nitrogen and oxygen atoms in total. The van der Waals surface area contributed by atoms with E-state index in [4.69, 9.17) is 16.3 Å². The van der Waals surface area contributed by atoms with Crippen LogP contribution >= 0.6 is 11.6 Å². The summed E-state index contributed by atoms with van der Waals surface area (Å²) < 4.78 is 5.25. The Morgan fingerprint density at radius 2 is 2.09 bits per heavy atom. The third-order valence-electron chi connectivity index (χ3n) is 3.48. The Morgan fingerprint density at radius 1 is 1.27 bits per heavy atom. The molecular formula is C16H13ClN2O3. The molecule has 0 atom stereocenters. The van der Waals surface area contributed by atoms with Crippen molar-refractivity contribution in [1.82, 2.24) is 4.98 Å². The maximum atomic E-state index is 12.2. The summed E-state index contributed by atoms with van der Waals surface area (Å²) in [5.74, 6) is -0.185. The molecule has 112 valence electrons. The Morgan fingerprint density at radius 3 is 2.82 bits per heavy atom. The Labute approximate surface area is 132 Å². The van der Waals surface area contributed by atoms with Crippen LogP contribution in [0.25, 0.3) is 0 Å². The average Bonchev–Trinajstić information content (AvgIpc) is 2.90. The van der Waals surface area contributed by atoms with E-state index in [-0.39, 0.29) is 5.91 Å². The highest BCUT2D eigenvalue weighted by Crippen LogP contribution is 2.29. The topological polar surface area (TPSA) is 59.5 Å². The standard InChI is InChI=1S/C16H13ClN2O3/c1-10(20)19-5-4-11-6-12(2-3-15(11)19)16(21)22-14-7-13(17)8-18-9-14/h2-3,6-9H,4-5H2,1H3. The number of rotatable bonds is 2. The lowest BCUT2D eigenvalue weighted by Crippen LogP contribution is -2.25. The highest BCUT2D eigenvalue weighted by Gasteiger charge is 2.23. The van der Waals surface area contributed by atoms with Crippen LogP contribution in [0.5, 0.6) is 5.75 Å². The largest absolute Gasteiger partial charge is 0.421 e. The number of hydrogen-bond acceptors (Lipinski definition) is 4. The number of pyridine rings is 1. The van der Waals surface area contributed by atoms with Crippen LogP contribution in [0.4, 0.5) is 5.69 Å². The summed E-state index contributed by atoms with van der Waals surface area (Å²) in [6.45, 7) is 2.17. The van der Waals surface area contributed by atoms with Crippen LogP contribution in [0.3, 0.4) is 0 Å². The van der Waals surface area contributed by atoms with Gasteiger partial charge in [0.15, 0.2) is 5.75 Å². The molecule has 6 heteroatoms. The Kier molecular flexibility index (Phi) is 3.81. The smallest absolute Gasteiger partial charge is 0.343 e. The van der Waals surface area contributed by atoms with Crippen LogP contribution in [-0.2, 0) is 11.2 Å². The minimum absolute atomic E-state index is 0.000853. The fourth-order valence-corrected chi connectivity index (χ4v) is 2.63. The Bertz CT molecular complexity index is 761. The summed E-state index contributed by atoms with van der Waals surface area (Å²) in [6.07, 6.45) is 3.62. The molecule has 2 heterocycles. The molecule has 0 bridgehead atoms. The normalized spacial score (nSPS) is 12.9. The number of hydrogen-bond donors (Lipinski definition) is 0. The zero-order chi connectivity index (χ0) is 15.7. The number of halogens is 1. The molecule has 1 aromatic heterocycles. The quantitative estimate of drug-likeness (QED) is 0.799. The van der Waals surface area contributed by atoms with Crippen molar-refractivity contribution < 1.29 is 14.3 Å². The van der Waals surface area contributed by atoms with E-state index >= 15 is 0 Å². The van der Waals surface area contributed by atoms with Gasteiger partial charge in [0.05, 0.1) is 16.8 Å². The molecule has 0 fully saturated rings. The highest BCUT2D eigenvalue weighted by molar-refractivity contribution is 6.30. The van der Waals surface area contributed by atoms with Crippen molar-refractivity contribution in [2.45, 2.75) is 13.3 Å². The van der Waals surface area contributed by atoms with Crippen molar-refractivity contribution in [2.24, 2.45) is 0 Å². The first-order chi connectivity index (χ1) is 10.5. The van der Waals surface area contributed by atoms with Gasteiger partial charge in [-0.2, -0.15) is 0 Å². The number of nitrogens with zero attached hydrogens (tertiary/aromatic N) is 2. The molecule has 0 unspecified atom stereocenters. The lowest BCUT2D eigenvalue weighted by Gasteiger charge is -2.14. The molecule has 0 aliphatic carbocycles. The van der Waals surface area contributed by atoms with Gasteiger partial charge in [-0.25, -0.2) is 4.79 Å². The van der Waals surface area contributed by atoms with Crippen molar-refractivity contribution in [3.05, 3.63) is 52.8 Å². The Balaban J connectivity index is 1.81. The van der Waals surface area contributed by atoms with Gasteiger partial charge in [-0.1, -0.05) is 11.6 Å². The molecule has 3 rings (SSSR count). The lowest BCUT2D eigenvalue weighted by atomic mass is 10.1. The van der Waals surface area contributed by atoms with Crippen LogP contribution < -0.4 is 9.64 Å². The summed E-state index contributed by atoms with van der Waals surface area (Å²) in [4.78, 5) is 29.2. The van der Waals surface area contributed by atoms with Gasteiger partial charge in [-0.05, 0) is 30.2 Å². The monoisotopic (exact) mass is 316 g/mol. The summed E-state index contributed by atoms with van der Waals surface area (Å²) in [5.41, 5.74) is 2.26. The van der Waals surface area contributed by atoms with E-state index in [1.54, 1.807) is 23.1 Å². The average molecular weight is 317 g/mol. The first-order valence-electron chi connectivity index (χ1n) is 6.78. The van der Waals surface area contributed by atoms with E-state index in [9.17, 15) is 9.59 Å². The molecule has 1 aliphatic heterocycles. The molecule has 1 aliphatic rings. The fraction of sp³-hybridized carbons (Fsp3) is 0.188. The minimum atomic E-state index is -0.479. The van der Waals surface area contributed by atoms with Gasteiger partial charge >= 0.3 is 5.97 Å². The number of carbonyl (C=O) groups is 2. The molecule has 22 heavy (non-hydrogen) atoms. The van der Waals surface area contributed by atoms with E-state index in [2.05, 4.69) is 4.98 Å². The second-order valence-corrected chi connectivity index (χ2v) is 5.43. The predicted molar refractivity (Wildman–Crippen MR) is 82.4 cm³/mol. The first-order valence-corrected chi connectivity index (χ1v) is 7.16. The number of fused-ring (bicyclic) bond motifs is 1. The number of aromatic nitrogens is 1. The maximum Gasteiger partial charge on any atom is 0.343 e. The van der Waals surface area contributed by atoms with E-state index in [0.717, 1.165) is 17.7 Å². The van der Waals surface area contributed by atoms with Crippen LogP contribution in [0, 0.1) is 0 Å². The number of esters is 1. The summed E-state index contributed by atoms with van der Waals surface area (Å²) in [5, 5.41) is 0.399. The summed E-state index contributed by atoms with van der Waals surface area (Å²) >= 11 is 5.81. The number of benzene rings is 1. The van der Waals surface area contributed by atoms with Gasteiger partial charge in [0, 0.05) is 31.4 Å². The van der Waals surface area contributed by atoms with E-state index in [0.29, 0.717) is 22.9 Å². The zero-order valence-corrected chi connectivity index (χ0v) is 12.6. The fourth-order valence-electron chi connectivity index (χ4n) is 2.47. The molecular weight excluding hydrogens is 304 g/mol. The lowest BCUT2D eigenvalue weighted by molar-refractivity contribution is -0.116. The molecule has 1 aromatic carbocycles. The van der Waals surface area contributed by atoms with Gasteiger partial charge in [0.1, 0.15) is 0 Å². The van der Waals surface area contributed by atoms with E-state index in [1.807, 2.05) is 0 Å². The Hall–Kier alpha value is -2.40. The molecule has 0 spiro atoms. The zero-order valence-electron chi connectivity index (χ0n) is 11.9. The van der Waals surface area contributed by atoms with Crippen molar-refractivity contribution in [3.8, 4) is 5.75 Å². The minimum Gasteiger partial charge on any atom is -0.421 e. The maximum absolute atomic E-state index is 12.2. The van der Waals surface area contributed by atoms with Gasteiger partial charge in [-0.3, -0.25) is 9.78 Å². The van der Waals surface area contributed by atoms with E-state index in [1.165, 1.54) is 25.4 Å². The third kappa shape index (κ3) is 2.80. The van der Waals surface area contributed by atoms with Crippen LogP contribution in [0.2, 0.25) is 5.02 Å². The number of ether oxygens (including phenoxy) is 1. The molecule has 0 radical (unpaired) electrons. The van der Waals surface area contributed by atoms with Crippen molar-refractivity contribution in [1.29, 1.82) is 0 Å². The van der Waals surface area contributed by atoms with Crippen molar-refractivity contribution >= 4 is 29.2 Å². The van der Waals surface area contributed by atoms with Crippen LogP contribution in [0.15, 0.2) is 36.7 Å². The van der Waals surface area contributed by atoms with E-state index < -0.39 is 5.97 Å². The number of carbonyl (C=O) groups excluding carboxylic acids is 2. The van der Waals surface area contributed by atoms with Crippen molar-refractivity contribution in [3.63, 3.8) is 0 Å². The molecule has 2 aromatic rings. The summed E-state index contributed by atoms with van der Waals surface area (Å²) in [6, 6.07) is 6.72. The van der Waals surface area contributed by atoms with Gasteiger partial charge in [-0.15, -0.1) is 0 Å². The second-order valence-electron chi connectivity index (χ2n) is 4.99. The molecule has 1 amide bonds. The number of anilines is 1. The van der Waals surface area contributed by atoms with Crippen LogP contribution in [-0.4, -0.2) is 23.4 Å². The van der Waals surface area contributed by atoms with Gasteiger partial charge in [0.25, 0.3) is 0 Å². The molecule has 0 saturated carbocycles. The molecule has 0 N–H and O–H groups in total. The predicted octanol–water partition coefficient (Wildman–Crippen LogP) is 2.86. The van der Waals surface area contributed by atoms with Crippen molar-refractivity contribution in [2.75, 3.05) is 11.4 Å². The van der Waals surface area contributed by atoms with Gasteiger partial charge < -0.3 is 9.64 Å². The number of amides is 1. The second kappa shape index (κ2) is 5.77. The van der Waals surface area contributed by atoms with Crippen LogP contribution in [0.1, 0.15) is 22.8 Å². The third-order valence-corrected chi connectivity index (χ3v) is 3.69. The SMILES string of the molecule is CC(=O)N1CCc2cc(C(=O)Oc3cncc(Cl)c3)ccc21. The summed E-state index contributed by atoms with van der Waals surface area (Å²) in [7, 11) is 0.